The van der Waals surface area contributed by atoms with Crippen molar-refractivity contribution in [2.75, 3.05) is 7.11 Å². The van der Waals surface area contributed by atoms with Crippen molar-refractivity contribution in [2.45, 2.75) is 82.7 Å². The Kier molecular flexibility index (Phi) is 9.58. The van der Waals surface area contributed by atoms with Gasteiger partial charge in [-0.15, -0.1) is 0 Å². The van der Waals surface area contributed by atoms with Gasteiger partial charge in [-0.1, -0.05) is 161 Å². The van der Waals surface area contributed by atoms with Crippen LogP contribution in [-0.4, -0.2) is 12.7 Å². The first-order valence-corrected chi connectivity index (χ1v) is 14.3. The molecule has 1 heteroatoms. The molecule has 0 spiro atoms. The summed E-state index contributed by atoms with van der Waals surface area (Å²) < 4.78 is 6.62. The summed E-state index contributed by atoms with van der Waals surface area (Å²) in [6.07, 6.45) is 16.2. The normalized spacial score (nSPS) is 21.4. The lowest BCUT2D eigenvalue weighted by molar-refractivity contribution is -0.0194. The van der Waals surface area contributed by atoms with Crippen molar-refractivity contribution >= 4 is 11.1 Å². The molecule has 194 valence electrons. The van der Waals surface area contributed by atoms with Crippen LogP contribution in [0, 0.1) is 0 Å². The highest BCUT2D eigenvalue weighted by atomic mass is 16.5. The molecule has 3 aromatic carbocycles. The molecule has 1 aliphatic rings. The van der Waals surface area contributed by atoms with Gasteiger partial charge in [0, 0.05) is 7.11 Å². The minimum absolute atomic E-state index is 0.356. The van der Waals surface area contributed by atoms with Gasteiger partial charge in [0.1, 0.15) is 0 Å². The molecule has 0 heterocycles. The molecular weight excluding hydrogens is 448 g/mol. The molecule has 0 N–H and O–H groups in total. The average Bonchev–Trinajstić information content (AvgIpc) is 2.96. The minimum Gasteiger partial charge on any atom is -0.373 e. The lowest BCUT2D eigenvalue weighted by Gasteiger charge is -2.51. The Morgan fingerprint density at radius 2 is 1.14 bits per heavy atom. The second-order valence-corrected chi connectivity index (χ2v) is 10.7. The highest BCUT2D eigenvalue weighted by Gasteiger charge is 2.53. The molecule has 0 aromatic heterocycles. The third-order valence-corrected chi connectivity index (χ3v) is 8.40. The van der Waals surface area contributed by atoms with E-state index in [0.29, 0.717) is 0 Å². The fraction of sp³-hybridized carbons (Fsp3) is 0.389. The Morgan fingerprint density at radius 1 is 0.622 bits per heavy atom. The Morgan fingerprint density at radius 3 is 1.70 bits per heavy atom. The summed E-state index contributed by atoms with van der Waals surface area (Å²) in [7, 11) is 1.91. The number of hydrogen-bond acceptors (Lipinski definition) is 1. The van der Waals surface area contributed by atoms with E-state index in [-0.39, 0.29) is 5.41 Å². The molecule has 0 amide bonds. The molecule has 0 saturated carbocycles. The quantitative estimate of drug-likeness (QED) is 0.216. The van der Waals surface area contributed by atoms with Crippen molar-refractivity contribution < 1.29 is 4.74 Å². The molecular formula is C36H44O. The van der Waals surface area contributed by atoms with Crippen molar-refractivity contribution in [3.63, 3.8) is 0 Å². The van der Waals surface area contributed by atoms with E-state index >= 15 is 0 Å². The highest BCUT2D eigenvalue weighted by Crippen LogP contribution is 2.55. The van der Waals surface area contributed by atoms with E-state index in [2.05, 4.69) is 117 Å². The zero-order valence-electron chi connectivity index (χ0n) is 23.1. The van der Waals surface area contributed by atoms with Gasteiger partial charge in [-0.3, -0.25) is 0 Å². The lowest BCUT2D eigenvalue weighted by atomic mass is 9.57. The van der Waals surface area contributed by atoms with Crippen LogP contribution in [0.2, 0.25) is 0 Å². The van der Waals surface area contributed by atoms with Gasteiger partial charge >= 0.3 is 0 Å². The fourth-order valence-electron chi connectivity index (χ4n) is 6.25. The summed E-state index contributed by atoms with van der Waals surface area (Å²) in [6, 6.07) is 32.8. The van der Waals surface area contributed by atoms with Crippen LogP contribution < -0.4 is 0 Å². The molecule has 37 heavy (non-hydrogen) atoms. The van der Waals surface area contributed by atoms with Crippen LogP contribution in [0.3, 0.4) is 0 Å². The number of methoxy groups -OCH3 is 1. The first kappa shape index (κ1) is 27.1. The monoisotopic (exact) mass is 492 g/mol. The van der Waals surface area contributed by atoms with E-state index in [1.54, 1.807) is 0 Å². The van der Waals surface area contributed by atoms with Crippen LogP contribution >= 0.6 is 0 Å². The van der Waals surface area contributed by atoms with Gasteiger partial charge in [0.05, 0.1) is 11.0 Å². The van der Waals surface area contributed by atoms with Crippen LogP contribution in [0.1, 0.15) is 88.3 Å². The maximum Gasteiger partial charge on any atom is 0.0996 e. The molecule has 0 aliphatic heterocycles. The molecule has 0 radical (unpaired) electrons. The molecule has 4 rings (SSSR count). The number of benzene rings is 3. The largest absolute Gasteiger partial charge is 0.373 e. The predicted octanol–water partition coefficient (Wildman–Crippen LogP) is 10.0. The highest BCUT2D eigenvalue weighted by molar-refractivity contribution is 6.01. The van der Waals surface area contributed by atoms with Crippen molar-refractivity contribution in [1.82, 2.24) is 0 Å². The van der Waals surface area contributed by atoms with E-state index in [1.807, 2.05) is 7.11 Å². The molecule has 0 bridgehead atoms. The third-order valence-electron chi connectivity index (χ3n) is 8.40. The van der Waals surface area contributed by atoms with Crippen LogP contribution in [0.5, 0.6) is 0 Å². The lowest BCUT2D eigenvalue weighted by Crippen LogP contribution is -2.52. The smallest absolute Gasteiger partial charge is 0.0996 e. The number of hydrogen-bond donors (Lipinski definition) is 0. The first-order chi connectivity index (χ1) is 18.2. The summed E-state index contributed by atoms with van der Waals surface area (Å²) in [4.78, 5) is 0. The standard InChI is InChI=1S/C36H44O/c1-4-5-6-7-8-9-10-20-28-36(37-3)29-27-33(30-21-14-11-15-22-30)34(31-23-16-12-17-24-31)35(36,2)32-25-18-13-19-26-32/h11-19,21-27,29H,4-10,20,28H2,1-3H3. The van der Waals surface area contributed by atoms with E-state index in [4.69, 9.17) is 4.74 Å². The van der Waals surface area contributed by atoms with Crippen LogP contribution in [0.25, 0.3) is 11.1 Å². The fourth-order valence-corrected chi connectivity index (χ4v) is 6.25. The minimum atomic E-state index is -0.431. The van der Waals surface area contributed by atoms with E-state index < -0.39 is 5.60 Å². The summed E-state index contributed by atoms with van der Waals surface area (Å²) in [5.74, 6) is 0. The van der Waals surface area contributed by atoms with E-state index in [1.165, 1.54) is 72.8 Å². The maximum absolute atomic E-state index is 6.62. The first-order valence-electron chi connectivity index (χ1n) is 14.3. The van der Waals surface area contributed by atoms with Crippen molar-refractivity contribution in [2.24, 2.45) is 0 Å². The Hall–Kier alpha value is -2.90. The number of allylic oxidation sites excluding steroid dienone is 2. The van der Waals surface area contributed by atoms with Gasteiger partial charge in [-0.2, -0.15) is 0 Å². The Balaban J connectivity index is 1.76. The van der Waals surface area contributed by atoms with Gasteiger partial charge in [-0.25, -0.2) is 0 Å². The number of ether oxygens (including phenoxy) is 1. The molecule has 0 saturated heterocycles. The molecule has 2 atom stereocenters. The van der Waals surface area contributed by atoms with Gasteiger partial charge < -0.3 is 4.74 Å². The second kappa shape index (κ2) is 13.1. The third kappa shape index (κ3) is 5.83. The number of unbranched alkanes of at least 4 members (excludes halogenated alkanes) is 7. The van der Waals surface area contributed by atoms with Crippen molar-refractivity contribution in [1.29, 1.82) is 0 Å². The van der Waals surface area contributed by atoms with Crippen LogP contribution in [0.15, 0.2) is 103 Å². The second-order valence-electron chi connectivity index (χ2n) is 10.7. The summed E-state index contributed by atoms with van der Waals surface area (Å²) in [5.41, 5.74) is 5.64. The van der Waals surface area contributed by atoms with Gasteiger partial charge in [-0.05, 0) is 41.2 Å². The molecule has 1 nitrogen and oxygen atoms in total. The molecule has 3 aromatic rings. The topological polar surface area (TPSA) is 9.23 Å². The van der Waals surface area contributed by atoms with Gasteiger partial charge in [0.2, 0.25) is 0 Å². The summed E-state index contributed by atoms with van der Waals surface area (Å²) >= 11 is 0. The zero-order chi connectivity index (χ0) is 26.0. The molecule has 1 aliphatic carbocycles. The van der Waals surface area contributed by atoms with Crippen molar-refractivity contribution in [3.05, 3.63) is 120 Å². The summed E-state index contributed by atoms with van der Waals surface area (Å²) in [5, 5.41) is 0. The van der Waals surface area contributed by atoms with Gasteiger partial charge in [0.15, 0.2) is 0 Å². The number of rotatable bonds is 13. The summed E-state index contributed by atoms with van der Waals surface area (Å²) in [6.45, 7) is 4.69. The molecule has 2 unspecified atom stereocenters. The van der Waals surface area contributed by atoms with Gasteiger partial charge in [0.25, 0.3) is 0 Å². The average molecular weight is 493 g/mol. The Labute approximate surface area is 225 Å². The SMILES string of the molecule is CCCCCCCCCCC1(OC)C=CC(c2ccccc2)=C(c2ccccc2)C1(C)c1ccccc1. The van der Waals surface area contributed by atoms with E-state index in [9.17, 15) is 0 Å². The molecule has 0 fully saturated rings. The predicted molar refractivity (Wildman–Crippen MR) is 160 cm³/mol. The van der Waals surface area contributed by atoms with Crippen LogP contribution in [0.4, 0.5) is 0 Å². The van der Waals surface area contributed by atoms with Crippen LogP contribution in [-0.2, 0) is 10.2 Å². The zero-order valence-corrected chi connectivity index (χ0v) is 23.1. The van der Waals surface area contributed by atoms with E-state index in [0.717, 1.165) is 12.8 Å². The van der Waals surface area contributed by atoms with Crippen molar-refractivity contribution in [3.8, 4) is 0 Å². The Bertz CT molecular complexity index is 1150. The maximum atomic E-state index is 6.62.